The molecule has 4 nitrogen and oxygen atoms in total. The van der Waals surface area contributed by atoms with Crippen molar-refractivity contribution in [3.05, 3.63) is 35.8 Å². The van der Waals surface area contributed by atoms with Gasteiger partial charge >= 0.3 is 0 Å². The van der Waals surface area contributed by atoms with Gasteiger partial charge in [-0.2, -0.15) is 5.26 Å². The molecule has 0 aliphatic carbocycles. The van der Waals surface area contributed by atoms with Crippen molar-refractivity contribution in [1.29, 1.82) is 5.26 Å². The molecule has 0 saturated carbocycles. The third-order valence-corrected chi connectivity index (χ3v) is 2.68. The van der Waals surface area contributed by atoms with E-state index >= 15 is 0 Å². The van der Waals surface area contributed by atoms with Gasteiger partial charge in [0.25, 0.3) is 0 Å². The highest BCUT2D eigenvalue weighted by Crippen LogP contribution is 2.24. The first-order valence-electron chi connectivity index (χ1n) is 6.29. The Morgan fingerprint density at radius 1 is 1.32 bits per heavy atom. The highest BCUT2D eigenvalue weighted by atomic mass is 16.5. The molecular formula is C15H17N3O. The van der Waals surface area contributed by atoms with Gasteiger partial charge < -0.3 is 9.72 Å². The molecule has 2 aromatic rings. The smallest absolute Gasteiger partial charge is 0.121 e. The Hall–Kier alpha value is -2.28. The topological polar surface area (TPSA) is 61.7 Å². The number of rotatable bonds is 4. The molecule has 0 aliphatic heterocycles. The fourth-order valence-electron chi connectivity index (χ4n) is 1.93. The molecule has 0 fully saturated rings. The first-order chi connectivity index (χ1) is 9.10. The average molecular weight is 255 g/mol. The van der Waals surface area contributed by atoms with E-state index in [9.17, 15) is 0 Å². The fourth-order valence-corrected chi connectivity index (χ4v) is 1.93. The van der Waals surface area contributed by atoms with Gasteiger partial charge in [-0.3, -0.25) is 0 Å². The Morgan fingerprint density at radius 2 is 2.00 bits per heavy atom. The highest BCUT2D eigenvalue weighted by molar-refractivity contribution is 5.62. The van der Waals surface area contributed by atoms with Crippen LogP contribution in [0.15, 0.2) is 24.3 Å². The molecule has 0 saturated heterocycles. The van der Waals surface area contributed by atoms with E-state index in [1.807, 2.05) is 45.0 Å². The normalized spacial score (nSPS) is 10.5. The molecular weight excluding hydrogens is 238 g/mol. The van der Waals surface area contributed by atoms with E-state index in [4.69, 9.17) is 10.00 Å². The lowest BCUT2D eigenvalue weighted by Crippen LogP contribution is -2.05. The number of nitriles is 1. The van der Waals surface area contributed by atoms with Crippen molar-refractivity contribution in [3.63, 3.8) is 0 Å². The number of nitrogens with one attached hydrogen (secondary N) is 1. The minimum atomic E-state index is 0.167. The maximum Gasteiger partial charge on any atom is 0.121 e. The summed E-state index contributed by atoms with van der Waals surface area (Å²) in [5, 5.41) is 8.68. The first-order valence-corrected chi connectivity index (χ1v) is 6.29. The lowest BCUT2D eigenvalue weighted by Gasteiger charge is -2.09. The number of ether oxygens (including phenoxy) is 1. The lowest BCUT2D eigenvalue weighted by atomic mass is 10.1. The second-order valence-electron chi connectivity index (χ2n) is 4.68. The average Bonchev–Trinajstić information content (AvgIpc) is 2.71. The largest absolute Gasteiger partial charge is 0.491 e. The van der Waals surface area contributed by atoms with E-state index < -0.39 is 0 Å². The van der Waals surface area contributed by atoms with Gasteiger partial charge in [0, 0.05) is 11.3 Å². The van der Waals surface area contributed by atoms with Crippen LogP contribution in [0, 0.1) is 18.3 Å². The molecule has 0 spiro atoms. The van der Waals surface area contributed by atoms with E-state index in [1.54, 1.807) is 0 Å². The van der Waals surface area contributed by atoms with E-state index in [1.165, 1.54) is 0 Å². The summed E-state index contributed by atoms with van der Waals surface area (Å²) in [4.78, 5) is 7.57. The number of aryl methyl sites for hydroxylation is 1. The number of benzene rings is 1. The number of H-pyrrole nitrogens is 1. The van der Waals surface area contributed by atoms with Crippen LogP contribution in [0.3, 0.4) is 0 Å². The van der Waals surface area contributed by atoms with Crippen molar-refractivity contribution >= 4 is 0 Å². The molecule has 2 rings (SSSR count). The van der Waals surface area contributed by atoms with Crippen LogP contribution in [0.2, 0.25) is 0 Å². The summed E-state index contributed by atoms with van der Waals surface area (Å²) < 4.78 is 5.61. The third kappa shape index (κ3) is 3.14. The Bertz CT molecular complexity index is 591. The summed E-state index contributed by atoms with van der Waals surface area (Å²) in [5.74, 6) is 1.56. The molecule has 0 bridgehead atoms. The molecule has 1 aromatic heterocycles. The molecule has 0 aliphatic rings. The highest BCUT2D eigenvalue weighted by Gasteiger charge is 2.09. The minimum Gasteiger partial charge on any atom is -0.491 e. The van der Waals surface area contributed by atoms with Gasteiger partial charge in [-0.15, -0.1) is 0 Å². The van der Waals surface area contributed by atoms with Gasteiger partial charge in [0.2, 0.25) is 0 Å². The van der Waals surface area contributed by atoms with Crippen LogP contribution in [0.5, 0.6) is 5.75 Å². The van der Waals surface area contributed by atoms with Crippen LogP contribution >= 0.6 is 0 Å². The maximum absolute atomic E-state index is 8.68. The van der Waals surface area contributed by atoms with E-state index in [2.05, 4.69) is 16.0 Å². The van der Waals surface area contributed by atoms with Gasteiger partial charge in [-0.1, -0.05) is 0 Å². The maximum atomic E-state index is 8.68. The standard InChI is InChI=1S/C15H17N3O/c1-10(2)19-13-6-4-12(5-7-13)15-11(3)17-14(18-15)8-9-16/h4-7,10H,8H2,1-3H3,(H,17,18). The van der Waals surface area contributed by atoms with Gasteiger partial charge in [-0.25, -0.2) is 4.98 Å². The van der Waals surface area contributed by atoms with Crippen molar-refractivity contribution in [2.75, 3.05) is 0 Å². The van der Waals surface area contributed by atoms with Crippen molar-refractivity contribution in [2.24, 2.45) is 0 Å². The summed E-state index contributed by atoms with van der Waals surface area (Å²) in [7, 11) is 0. The van der Waals surface area contributed by atoms with E-state index in [-0.39, 0.29) is 6.10 Å². The molecule has 4 heteroatoms. The number of hydrogen-bond acceptors (Lipinski definition) is 3. The Kier molecular flexibility index (Phi) is 3.86. The second-order valence-corrected chi connectivity index (χ2v) is 4.68. The predicted molar refractivity (Wildman–Crippen MR) is 73.8 cm³/mol. The molecule has 19 heavy (non-hydrogen) atoms. The molecule has 0 amide bonds. The Balaban J connectivity index is 2.24. The zero-order valence-electron chi connectivity index (χ0n) is 11.4. The van der Waals surface area contributed by atoms with Crippen LogP contribution in [-0.2, 0) is 6.42 Å². The number of aromatic nitrogens is 2. The number of nitrogens with zero attached hydrogens (tertiary/aromatic N) is 2. The number of imidazole rings is 1. The van der Waals surface area contributed by atoms with Crippen LogP contribution in [-0.4, -0.2) is 16.1 Å². The van der Waals surface area contributed by atoms with Gasteiger partial charge in [0.15, 0.2) is 0 Å². The van der Waals surface area contributed by atoms with Gasteiger partial charge in [0.1, 0.15) is 11.6 Å². The molecule has 1 N–H and O–H groups in total. The Labute approximate surface area is 113 Å². The SMILES string of the molecule is Cc1[nH]c(CC#N)nc1-c1ccc(OC(C)C)cc1. The molecule has 98 valence electrons. The summed E-state index contributed by atoms with van der Waals surface area (Å²) in [5.41, 5.74) is 2.89. The number of hydrogen-bond donors (Lipinski definition) is 1. The van der Waals surface area contributed by atoms with Crippen LogP contribution in [0.1, 0.15) is 25.4 Å². The quantitative estimate of drug-likeness (QED) is 0.912. The van der Waals surface area contributed by atoms with Gasteiger partial charge in [0.05, 0.1) is 24.3 Å². The van der Waals surface area contributed by atoms with E-state index in [0.29, 0.717) is 12.2 Å². The molecule has 0 atom stereocenters. The van der Waals surface area contributed by atoms with Crippen LogP contribution in [0.4, 0.5) is 0 Å². The van der Waals surface area contributed by atoms with Gasteiger partial charge in [-0.05, 0) is 45.0 Å². The molecule has 1 heterocycles. The summed E-state index contributed by atoms with van der Waals surface area (Å²) in [6, 6.07) is 9.94. The van der Waals surface area contributed by atoms with E-state index in [0.717, 1.165) is 22.7 Å². The second kappa shape index (κ2) is 5.57. The molecule has 0 unspecified atom stereocenters. The summed E-state index contributed by atoms with van der Waals surface area (Å²) in [6.45, 7) is 5.96. The zero-order valence-corrected chi connectivity index (χ0v) is 11.4. The van der Waals surface area contributed by atoms with Crippen molar-refractivity contribution in [1.82, 2.24) is 9.97 Å². The van der Waals surface area contributed by atoms with Crippen LogP contribution < -0.4 is 4.74 Å². The first kappa shape index (κ1) is 13.2. The monoisotopic (exact) mass is 255 g/mol. The third-order valence-electron chi connectivity index (χ3n) is 2.68. The minimum absolute atomic E-state index is 0.167. The molecule has 0 radical (unpaired) electrons. The Morgan fingerprint density at radius 3 is 2.58 bits per heavy atom. The fraction of sp³-hybridized carbons (Fsp3) is 0.333. The zero-order chi connectivity index (χ0) is 13.8. The van der Waals surface area contributed by atoms with Crippen molar-refractivity contribution < 1.29 is 4.74 Å². The lowest BCUT2D eigenvalue weighted by molar-refractivity contribution is 0.242. The van der Waals surface area contributed by atoms with Crippen molar-refractivity contribution in [2.45, 2.75) is 33.3 Å². The summed E-state index contributed by atoms with van der Waals surface area (Å²) in [6.07, 6.45) is 0.468. The summed E-state index contributed by atoms with van der Waals surface area (Å²) >= 11 is 0. The number of aromatic amines is 1. The molecule has 1 aromatic carbocycles. The van der Waals surface area contributed by atoms with Crippen LogP contribution in [0.25, 0.3) is 11.3 Å². The predicted octanol–water partition coefficient (Wildman–Crippen LogP) is 3.24. The van der Waals surface area contributed by atoms with Crippen molar-refractivity contribution in [3.8, 4) is 23.1 Å².